The number of alkyl halides is 3. The Hall–Kier alpha value is -2.39. The fraction of sp³-hybridized carbons (Fsp3) is 0.300. The lowest BCUT2D eigenvalue weighted by Crippen LogP contribution is -2.47. The van der Waals surface area contributed by atoms with E-state index in [4.69, 9.17) is 0 Å². The molecule has 0 aliphatic rings. The van der Waals surface area contributed by atoms with Crippen LogP contribution in [0.15, 0.2) is 41.4 Å². The van der Waals surface area contributed by atoms with Crippen LogP contribution in [0.5, 0.6) is 0 Å². The molecule has 0 aliphatic heterocycles. The van der Waals surface area contributed by atoms with Crippen molar-refractivity contribution in [1.29, 1.82) is 0 Å². The highest BCUT2D eigenvalue weighted by Gasteiger charge is 2.43. The van der Waals surface area contributed by atoms with E-state index in [0.29, 0.717) is 16.6 Å². The van der Waals surface area contributed by atoms with Crippen molar-refractivity contribution in [3.05, 3.63) is 64.6 Å². The Morgan fingerprint density at radius 2 is 1.72 bits per heavy atom. The Morgan fingerprint density at radius 1 is 1.10 bits per heavy atom. The molecule has 0 bridgehead atoms. The van der Waals surface area contributed by atoms with E-state index >= 15 is 0 Å². The van der Waals surface area contributed by atoms with Crippen LogP contribution in [0.25, 0.3) is 10.9 Å². The van der Waals surface area contributed by atoms with Gasteiger partial charge in [-0.15, -0.1) is 0 Å². The molecule has 0 aliphatic carbocycles. The summed E-state index contributed by atoms with van der Waals surface area (Å²) in [6.07, 6.45) is -4.34. The summed E-state index contributed by atoms with van der Waals surface area (Å²) in [4.78, 5) is 2.54. The van der Waals surface area contributed by atoms with Gasteiger partial charge in [0.25, 0.3) is 0 Å². The maximum Gasteiger partial charge on any atom is 0.405 e. The average molecular weight is 428 g/mol. The number of H-pyrrole nitrogens is 1. The second kappa shape index (κ2) is 7.46. The third kappa shape index (κ3) is 4.30. The molecule has 2 N–H and O–H groups in total. The van der Waals surface area contributed by atoms with Crippen LogP contribution in [0.4, 0.5) is 17.6 Å². The smallest absolute Gasteiger partial charge is 0.361 e. The van der Waals surface area contributed by atoms with Gasteiger partial charge in [-0.2, -0.15) is 17.9 Å². The van der Waals surface area contributed by atoms with Crippen LogP contribution >= 0.6 is 0 Å². The molecule has 4 nitrogen and oxygen atoms in total. The first-order valence-electron chi connectivity index (χ1n) is 8.81. The van der Waals surface area contributed by atoms with Crippen LogP contribution in [-0.2, 0) is 16.4 Å². The van der Waals surface area contributed by atoms with E-state index < -0.39 is 34.5 Å². The Bertz CT molecular complexity index is 1140. The Morgan fingerprint density at radius 3 is 2.31 bits per heavy atom. The molecule has 9 heteroatoms. The molecule has 3 rings (SSSR count). The second-order valence-corrected chi connectivity index (χ2v) is 8.77. The average Bonchev–Trinajstić information content (AvgIpc) is 2.96. The van der Waals surface area contributed by atoms with Gasteiger partial charge in [-0.3, -0.25) is 0 Å². The molecule has 0 spiro atoms. The van der Waals surface area contributed by atoms with Crippen molar-refractivity contribution in [3.8, 4) is 0 Å². The number of aryl methyl sites for hydroxylation is 3. The summed E-state index contributed by atoms with van der Waals surface area (Å²) >= 11 is 0. The predicted molar refractivity (Wildman–Crippen MR) is 103 cm³/mol. The summed E-state index contributed by atoms with van der Waals surface area (Å²) in [7, 11) is -4.46. The quantitative estimate of drug-likeness (QED) is 0.580. The van der Waals surface area contributed by atoms with Gasteiger partial charge in [-0.25, -0.2) is 12.8 Å². The molecule has 0 amide bonds. The highest BCUT2D eigenvalue weighted by molar-refractivity contribution is 7.89. The van der Waals surface area contributed by atoms with Crippen LogP contribution in [0.1, 0.15) is 22.3 Å². The number of sulfonamides is 1. The molecule has 0 saturated heterocycles. The van der Waals surface area contributed by atoms with Crippen molar-refractivity contribution in [2.24, 2.45) is 0 Å². The number of fused-ring (bicyclic) bond motifs is 1. The van der Waals surface area contributed by atoms with Crippen LogP contribution in [0.3, 0.4) is 0 Å². The molecule has 0 radical (unpaired) electrons. The number of halogens is 4. The summed E-state index contributed by atoms with van der Waals surface area (Å²) in [5.74, 6) is -0.673. The van der Waals surface area contributed by atoms with Crippen molar-refractivity contribution in [2.45, 2.75) is 44.3 Å². The zero-order valence-corrected chi connectivity index (χ0v) is 16.8. The van der Waals surface area contributed by atoms with Gasteiger partial charge >= 0.3 is 6.18 Å². The van der Waals surface area contributed by atoms with Gasteiger partial charge in [0.15, 0.2) is 0 Å². The number of aromatic nitrogens is 1. The zero-order chi connectivity index (χ0) is 21.6. The maximum absolute atomic E-state index is 14.1. The van der Waals surface area contributed by atoms with Gasteiger partial charge in [0.05, 0.1) is 4.90 Å². The number of aromatic amines is 1. The lowest BCUT2D eigenvalue weighted by atomic mass is 10.0. The minimum atomic E-state index is -4.87. The predicted octanol–water partition coefficient (Wildman–Crippen LogP) is 4.68. The van der Waals surface area contributed by atoms with E-state index in [1.807, 2.05) is 0 Å². The van der Waals surface area contributed by atoms with Crippen molar-refractivity contribution in [1.82, 2.24) is 9.71 Å². The Kier molecular flexibility index (Phi) is 5.48. The van der Waals surface area contributed by atoms with Gasteiger partial charge < -0.3 is 4.98 Å². The van der Waals surface area contributed by atoms with Crippen molar-refractivity contribution >= 4 is 20.9 Å². The molecule has 0 fully saturated rings. The normalized spacial score (nSPS) is 13.8. The third-order valence-electron chi connectivity index (χ3n) is 4.73. The zero-order valence-electron chi connectivity index (χ0n) is 16.0. The summed E-state index contributed by atoms with van der Waals surface area (Å²) in [6, 6.07) is 4.90. The Balaban J connectivity index is 2.00. The van der Waals surface area contributed by atoms with E-state index in [0.717, 1.165) is 11.6 Å². The second-order valence-electron chi connectivity index (χ2n) is 7.12. The molecule has 1 atom stereocenters. The topological polar surface area (TPSA) is 62.0 Å². The highest BCUT2D eigenvalue weighted by atomic mass is 32.2. The maximum atomic E-state index is 14.1. The fourth-order valence-corrected chi connectivity index (χ4v) is 5.32. The minimum Gasteiger partial charge on any atom is -0.361 e. The SMILES string of the molecule is Cc1cc(C)c(S(=O)(=O)NC(Cc2c[nH]c3cccc(F)c23)C(F)(F)F)c(C)c1. The first kappa shape index (κ1) is 21.3. The lowest BCUT2D eigenvalue weighted by molar-refractivity contribution is -0.150. The molecule has 1 aromatic heterocycles. The fourth-order valence-electron chi connectivity index (χ4n) is 3.65. The standard InChI is InChI=1S/C20H20F4N2O2S/c1-11-7-12(2)19(13(3)8-11)29(27,28)26-17(20(22,23)24)9-14-10-25-16-6-4-5-15(21)18(14)16/h4-8,10,17,25-26H,9H2,1-3H3. The number of benzene rings is 2. The monoisotopic (exact) mass is 428 g/mol. The molecule has 1 unspecified atom stereocenters. The van der Waals surface area contributed by atoms with E-state index in [2.05, 4.69) is 4.98 Å². The minimum absolute atomic E-state index is 0.0173. The summed E-state index contributed by atoms with van der Waals surface area (Å²) in [5.41, 5.74) is 1.90. The Labute approximate surface area is 166 Å². The van der Waals surface area contributed by atoms with Crippen molar-refractivity contribution in [2.75, 3.05) is 0 Å². The van der Waals surface area contributed by atoms with E-state index in [1.165, 1.54) is 32.2 Å². The molecule has 0 saturated carbocycles. The summed E-state index contributed by atoms with van der Waals surface area (Å²) in [6.45, 7) is 4.84. The van der Waals surface area contributed by atoms with Crippen LogP contribution in [0, 0.1) is 26.6 Å². The first-order valence-corrected chi connectivity index (χ1v) is 10.3. The van der Waals surface area contributed by atoms with Crippen molar-refractivity contribution in [3.63, 3.8) is 0 Å². The van der Waals surface area contributed by atoms with E-state index in [1.54, 1.807) is 23.8 Å². The molecule has 156 valence electrons. The largest absolute Gasteiger partial charge is 0.405 e. The van der Waals surface area contributed by atoms with Crippen LogP contribution in [0.2, 0.25) is 0 Å². The molecule has 1 heterocycles. The van der Waals surface area contributed by atoms with Crippen molar-refractivity contribution < 1.29 is 26.0 Å². The summed E-state index contributed by atoms with van der Waals surface area (Å²) in [5, 5.41) is 0.0173. The highest BCUT2D eigenvalue weighted by Crippen LogP contribution is 2.30. The summed E-state index contributed by atoms with van der Waals surface area (Å²) < 4.78 is 82.6. The lowest BCUT2D eigenvalue weighted by Gasteiger charge is -2.23. The number of hydrogen-bond donors (Lipinski definition) is 2. The van der Waals surface area contributed by atoms with Crippen LogP contribution in [-0.4, -0.2) is 25.6 Å². The van der Waals surface area contributed by atoms with Gasteiger partial charge in [0, 0.05) is 17.1 Å². The third-order valence-corrected chi connectivity index (χ3v) is 6.50. The van der Waals surface area contributed by atoms with Gasteiger partial charge in [-0.05, 0) is 56.0 Å². The van der Waals surface area contributed by atoms with E-state index in [9.17, 15) is 26.0 Å². The number of hydrogen-bond acceptors (Lipinski definition) is 2. The first-order chi connectivity index (χ1) is 13.4. The molecule has 2 aromatic carbocycles. The number of rotatable bonds is 5. The van der Waals surface area contributed by atoms with E-state index in [-0.39, 0.29) is 15.8 Å². The molecule has 29 heavy (non-hydrogen) atoms. The molecular weight excluding hydrogens is 408 g/mol. The number of nitrogens with one attached hydrogen (secondary N) is 2. The molecular formula is C20H20F4N2O2S. The van der Waals surface area contributed by atoms with Gasteiger partial charge in [0.2, 0.25) is 10.0 Å². The van der Waals surface area contributed by atoms with Gasteiger partial charge in [-0.1, -0.05) is 23.8 Å². The van der Waals surface area contributed by atoms with Gasteiger partial charge in [0.1, 0.15) is 11.9 Å². The molecule has 3 aromatic rings. The van der Waals surface area contributed by atoms with Crippen LogP contribution < -0.4 is 4.72 Å².